The van der Waals surface area contributed by atoms with E-state index in [-0.39, 0.29) is 23.5 Å². The Balaban J connectivity index is 1.71. The summed E-state index contributed by atoms with van der Waals surface area (Å²) in [6.45, 7) is -0.707. The maximum atomic E-state index is 11.9. The van der Waals surface area contributed by atoms with E-state index in [1.54, 1.807) is 0 Å². The zero-order valence-corrected chi connectivity index (χ0v) is 18.6. The van der Waals surface area contributed by atoms with Crippen LogP contribution in [0.25, 0.3) is 11.2 Å². The summed E-state index contributed by atoms with van der Waals surface area (Å²) in [7, 11) is -15.2. The number of aromatic amines is 1. The number of aromatic nitrogens is 4. The van der Waals surface area contributed by atoms with Crippen molar-refractivity contribution >= 4 is 40.6 Å². The molecule has 180 valence electrons. The smallest absolute Gasteiger partial charge is 0.378 e. The summed E-state index contributed by atoms with van der Waals surface area (Å²) < 4.78 is 58.2. The van der Waals surface area contributed by atoms with Crippen molar-refractivity contribution in [3.8, 4) is 0 Å². The molecule has 2 aromatic rings. The molecule has 21 heteroatoms. The van der Waals surface area contributed by atoms with Gasteiger partial charge >= 0.3 is 23.5 Å². The van der Waals surface area contributed by atoms with Crippen LogP contribution < -0.4 is 11.3 Å². The summed E-state index contributed by atoms with van der Waals surface area (Å²) >= 11 is 0. The van der Waals surface area contributed by atoms with Crippen molar-refractivity contribution < 1.29 is 55.9 Å². The van der Waals surface area contributed by atoms with Gasteiger partial charge in [0.1, 0.15) is 12.3 Å². The number of H-pyrrole nitrogens is 1. The van der Waals surface area contributed by atoms with Crippen LogP contribution in [-0.4, -0.2) is 65.0 Å². The maximum absolute atomic E-state index is 11.9. The molecule has 3 heterocycles. The number of fused-ring (bicyclic) bond motifs is 1. The topological polar surface area (TPSA) is 268 Å². The lowest BCUT2D eigenvalue weighted by Crippen LogP contribution is -2.27. The third-order valence-corrected chi connectivity index (χ3v) is 7.86. The Kier molecular flexibility index (Phi) is 7.08. The van der Waals surface area contributed by atoms with Crippen LogP contribution in [-0.2, 0) is 36.3 Å². The minimum absolute atomic E-state index is 0.00604. The molecule has 0 saturated carbocycles. The van der Waals surface area contributed by atoms with Gasteiger partial charge in [0.25, 0.3) is 5.56 Å². The molecule has 1 fully saturated rings. The van der Waals surface area contributed by atoms with Crippen LogP contribution in [0.2, 0.25) is 0 Å². The second-order valence-corrected chi connectivity index (χ2v) is 10.7. The molecule has 32 heavy (non-hydrogen) atoms. The van der Waals surface area contributed by atoms with Crippen LogP contribution in [0, 0.1) is 0 Å². The molecule has 1 aliphatic rings. The Morgan fingerprint density at radius 2 is 1.94 bits per heavy atom. The molecule has 3 rings (SSSR count). The molecule has 7 N–H and O–H groups in total. The van der Waals surface area contributed by atoms with Crippen molar-refractivity contribution in [3.63, 3.8) is 0 Å². The monoisotopic (exact) mass is 521 g/mol. The zero-order valence-electron chi connectivity index (χ0n) is 15.9. The SMILES string of the molecule is CO[C@@H]1C[C@H](n2cnc3c(=O)[nH]c(N)nc32)O[C@@H]1COP(=O)(O)OP(=O)(O)OP(=O)(O)O. The highest BCUT2D eigenvalue weighted by Crippen LogP contribution is 2.66. The molecule has 0 radical (unpaired) electrons. The standard InChI is InChI=1S/C11H18N5O13P3/c1-25-5-2-7(16-4-13-8-9(16)14-11(12)15-10(8)17)27-6(5)3-26-31(21,22)29-32(23,24)28-30(18,19)20/h4-7H,2-3H2,1H3,(H,21,22)(H,23,24)(H2,18,19,20)(H3,12,14,15,17)/t5-,6-,7-/m1/s1. The number of nitrogen functional groups attached to an aromatic ring is 1. The predicted molar refractivity (Wildman–Crippen MR) is 102 cm³/mol. The van der Waals surface area contributed by atoms with Crippen molar-refractivity contribution in [3.05, 3.63) is 16.7 Å². The number of hydrogen-bond donors (Lipinski definition) is 6. The lowest BCUT2D eigenvalue weighted by Gasteiger charge is -2.20. The molecule has 2 unspecified atom stereocenters. The van der Waals surface area contributed by atoms with Crippen molar-refractivity contribution in [2.45, 2.75) is 24.9 Å². The van der Waals surface area contributed by atoms with E-state index < -0.39 is 54.1 Å². The van der Waals surface area contributed by atoms with Gasteiger partial charge in [-0.1, -0.05) is 0 Å². The highest BCUT2D eigenvalue weighted by molar-refractivity contribution is 7.66. The molecule has 0 amide bonds. The first-order valence-electron chi connectivity index (χ1n) is 8.38. The predicted octanol–water partition coefficient (Wildman–Crippen LogP) is -0.652. The van der Waals surface area contributed by atoms with E-state index in [4.69, 9.17) is 25.0 Å². The second kappa shape index (κ2) is 9.02. The fraction of sp³-hybridized carbons (Fsp3) is 0.545. The number of hydrogen-bond acceptors (Lipinski definition) is 12. The number of phosphoric ester groups is 1. The summed E-state index contributed by atoms with van der Waals surface area (Å²) in [6.07, 6.45) is -1.13. The quantitative estimate of drug-likeness (QED) is 0.224. The normalized spacial score (nSPS) is 25.6. The highest BCUT2D eigenvalue weighted by atomic mass is 31.3. The number of phosphoric acid groups is 3. The molecule has 5 atom stereocenters. The Morgan fingerprint density at radius 3 is 2.56 bits per heavy atom. The molecule has 0 aliphatic carbocycles. The molecule has 2 aromatic heterocycles. The number of methoxy groups -OCH3 is 1. The Labute approximate surface area is 177 Å². The number of nitrogens with zero attached hydrogens (tertiary/aromatic N) is 3. The summed E-state index contributed by atoms with van der Waals surface area (Å²) in [6, 6.07) is 0. The van der Waals surface area contributed by atoms with Gasteiger partial charge in [-0.3, -0.25) is 18.9 Å². The van der Waals surface area contributed by atoms with Crippen LogP contribution in [0.5, 0.6) is 0 Å². The number of nitrogens with two attached hydrogens (primary N) is 1. The summed E-state index contributed by atoms with van der Waals surface area (Å²) in [4.78, 5) is 58.0. The van der Waals surface area contributed by atoms with Crippen molar-refractivity contribution in [1.82, 2.24) is 19.5 Å². The second-order valence-electron chi connectivity index (χ2n) is 6.30. The third kappa shape index (κ3) is 6.08. The lowest BCUT2D eigenvalue weighted by atomic mass is 10.2. The van der Waals surface area contributed by atoms with Crippen LogP contribution in [0.3, 0.4) is 0 Å². The Morgan fingerprint density at radius 1 is 1.25 bits per heavy atom. The van der Waals surface area contributed by atoms with Crippen molar-refractivity contribution in [2.24, 2.45) is 0 Å². The van der Waals surface area contributed by atoms with E-state index in [1.807, 2.05) is 0 Å². The van der Waals surface area contributed by atoms with Crippen LogP contribution in [0.1, 0.15) is 12.6 Å². The minimum atomic E-state index is -5.65. The van der Waals surface area contributed by atoms with Crippen LogP contribution >= 0.6 is 23.5 Å². The third-order valence-electron chi connectivity index (χ3n) is 4.06. The molecule has 1 saturated heterocycles. The fourth-order valence-corrected chi connectivity index (χ4v) is 5.92. The van der Waals surface area contributed by atoms with E-state index in [2.05, 4.69) is 28.1 Å². The van der Waals surface area contributed by atoms with Gasteiger partial charge in [-0.2, -0.15) is 13.6 Å². The van der Waals surface area contributed by atoms with Gasteiger partial charge in [0.15, 0.2) is 11.2 Å². The van der Waals surface area contributed by atoms with Gasteiger partial charge in [-0.25, -0.2) is 18.7 Å². The number of ether oxygens (including phenoxy) is 2. The first-order chi connectivity index (χ1) is 14.7. The molecular weight excluding hydrogens is 503 g/mol. The number of imidazole rings is 1. The van der Waals surface area contributed by atoms with E-state index in [9.17, 15) is 28.3 Å². The van der Waals surface area contributed by atoms with E-state index in [0.29, 0.717) is 0 Å². The van der Waals surface area contributed by atoms with Gasteiger partial charge in [0.05, 0.1) is 19.0 Å². The number of nitrogens with one attached hydrogen (secondary N) is 1. The van der Waals surface area contributed by atoms with Gasteiger partial charge in [-0.15, -0.1) is 0 Å². The highest BCUT2D eigenvalue weighted by Gasteiger charge is 2.43. The average molecular weight is 521 g/mol. The van der Waals surface area contributed by atoms with Crippen LogP contribution in [0.4, 0.5) is 5.95 Å². The van der Waals surface area contributed by atoms with E-state index >= 15 is 0 Å². The van der Waals surface area contributed by atoms with Crippen LogP contribution in [0.15, 0.2) is 11.1 Å². The van der Waals surface area contributed by atoms with Gasteiger partial charge in [-0.05, 0) is 0 Å². The molecule has 1 aliphatic heterocycles. The molecule has 0 aromatic carbocycles. The first kappa shape index (κ1) is 25.1. The maximum Gasteiger partial charge on any atom is 0.490 e. The van der Waals surface area contributed by atoms with Crippen molar-refractivity contribution in [2.75, 3.05) is 19.5 Å². The zero-order chi connectivity index (χ0) is 23.9. The Bertz CT molecular complexity index is 1190. The molecular formula is C11H18N5O13P3. The largest absolute Gasteiger partial charge is 0.490 e. The molecule has 0 bridgehead atoms. The van der Waals surface area contributed by atoms with Gasteiger partial charge in [0.2, 0.25) is 5.95 Å². The number of rotatable bonds is 9. The summed E-state index contributed by atoms with van der Waals surface area (Å²) in [5.41, 5.74) is 5.08. The van der Waals surface area contributed by atoms with Crippen molar-refractivity contribution in [1.29, 1.82) is 0 Å². The fourth-order valence-electron chi connectivity index (χ4n) is 2.89. The minimum Gasteiger partial charge on any atom is -0.378 e. The molecule has 18 nitrogen and oxygen atoms in total. The average Bonchev–Trinajstić information content (AvgIpc) is 3.20. The van der Waals surface area contributed by atoms with Gasteiger partial charge < -0.3 is 34.8 Å². The summed E-state index contributed by atoms with van der Waals surface area (Å²) in [5, 5.41) is 0. The summed E-state index contributed by atoms with van der Waals surface area (Å²) in [5.74, 6) is -0.158. The Hall–Kier alpha value is -1.52. The number of anilines is 1. The molecule has 0 spiro atoms. The lowest BCUT2D eigenvalue weighted by molar-refractivity contribution is -0.0502. The first-order valence-corrected chi connectivity index (χ1v) is 12.9. The van der Waals surface area contributed by atoms with E-state index in [1.165, 1.54) is 18.0 Å². The van der Waals surface area contributed by atoms with Gasteiger partial charge in [0, 0.05) is 13.5 Å². The van der Waals surface area contributed by atoms with E-state index in [0.717, 1.165) is 0 Å².